The van der Waals surface area contributed by atoms with Crippen LogP contribution in [0.3, 0.4) is 0 Å². The van der Waals surface area contributed by atoms with E-state index >= 15 is 0 Å². The molecule has 0 heterocycles. The average Bonchev–Trinajstić information content (AvgIpc) is 2.36. The maximum atomic E-state index is 6.04. The molecular weight excluding hydrogens is 244 g/mol. The van der Waals surface area contributed by atoms with Gasteiger partial charge in [0.1, 0.15) is 0 Å². The van der Waals surface area contributed by atoms with Crippen LogP contribution in [-0.2, 0) is 13.3 Å². The summed E-state index contributed by atoms with van der Waals surface area (Å²) in [6, 6.07) is 0. The molecule has 0 aromatic carbocycles. The molecule has 0 radical (unpaired) electrons. The molecule has 0 bridgehead atoms. The standard InChI is InChI=1S/C14H32O3Si/c1-7-13(8-2)14(9-3)18(15-10-4,16-11-5)17-12-6/h13-14H,7-12H2,1-6H3. The molecule has 0 saturated heterocycles. The second-order valence-corrected chi connectivity index (χ2v) is 7.31. The van der Waals surface area contributed by atoms with Gasteiger partial charge in [-0.15, -0.1) is 0 Å². The molecule has 0 aliphatic carbocycles. The topological polar surface area (TPSA) is 27.7 Å². The summed E-state index contributed by atoms with van der Waals surface area (Å²) in [4.78, 5) is 0. The molecule has 0 N–H and O–H groups in total. The van der Waals surface area contributed by atoms with Gasteiger partial charge in [0.15, 0.2) is 0 Å². The molecular formula is C14H32O3Si. The highest BCUT2D eigenvalue weighted by atomic mass is 28.4. The molecule has 0 spiro atoms. The molecule has 1 atom stereocenters. The fraction of sp³-hybridized carbons (Fsp3) is 1.00. The lowest BCUT2D eigenvalue weighted by molar-refractivity contribution is 0.0519. The highest BCUT2D eigenvalue weighted by molar-refractivity contribution is 6.62. The third kappa shape index (κ3) is 4.65. The van der Waals surface area contributed by atoms with Gasteiger partial charge in [0.2, 0.25) is 0 Å². The van der Waals surface area contributed by atoms with Crippen LogP contribution in [-0.4, -0.2) is 28.6 Å². The molecule has 0 fully saturated rings. The van der Waals surface area contributed by atoms with Crippen LogP contribution >= 0.6 is 0 Å². The number of rotatable bonds is 11. The van der Waals surface area contributed by atoms with Crippen LogP contribution in [0.15, 0.2) is 0 Å². The molecule has 3 nitrogen and oxygen atoms in total. The minimum absolute atomic E-state index is 0.423. The maximum absolute atomic E-state index is 6.04. The zero-order chi connectivity index (χ0) is 14.0. The Labute approximate surface area is 115 Å². The number of hydrogen-bond donors (Lipinski definition) is 0. The summed E-state index contributed by atoms with van der Waals surface area (Å²) in [6.07, 6.45) is 3.40. The van der Waals surface area contributed by atoms with Crippen molar-refractivity contribution < 1.29 is 13.3 Å². The third-order valence-electron chi connectivity index (χ3n) is 3.55. The summed E-state index contributed by atoms with van der Waals surface area (Å²) in [6.45, 7) is 14.8. The average molecular weight is 276 g/mol. The van der Waals surface area contributed by atoms with Gasteiger partial charge in [-0.2, -0.15) is 0 Å². The summed E-state index contributed by atoms with van der Waals surface area (Å²) < 4.78 is 18.1. The van der Waals surface area contributed by atoms with E-state index in [0.29, 0.717) is 31.3 Å². The Morgan fingerprint density at radius 2 is 1.06 bits per heavy atom. The zero-order valence-corrected chi connectivity index (χ0v) is 14.1. The van der Waals surface area contributed by atoms with Crippen LogP contribution < -0.4 is 0 Å². The monoisotopic (exact) mass is 276 g/mol. The van der Waals surface area contributed by atoms with E-state index in [2.05, 4.69) is 20.8 Å². The van der Waals surface area contributed by atoms with E-state index in [1.54, 1.807) is 0 Å². The largest absolute Gasteiger partial charge is 0.504 e. The Hall–Kier alpha value is 0.0969. The highest BCUT2D eigenvalue weighted by Crippen LogP contribution is 2.39. The van der Waals surface area contributed by atoms with Crippen LogP contribution in [0.2, 0.25) is 5.54 Å². The summed E-state index contributed by atoms with van der Waals surface area (Å²) in [5.41, 5.74) is 0.423. The van der Waals surface area contributed by atoms with Gasteiger partial charge in [0.05, 0.1) is 0 Å². The molecule has 0 aromatic heterocycles. The van der Waals surface area contributed by atoms with Crippen LogP contribution in [0.1, 0.15) is 60.8 Å². The molecule has 0 aromatic rings. The van der Waals surface area contributed by atoms with Crippen molar-refractivity contribution in [1.29, 1.82) is 0 Å². The Morgan fingerprint density at radius 3 is 1.28 bits per heavy atom. The molecule has 18 heavy (non-hydrogen) atoms. The molecule has 1 unspecified atom stereocenters. The lowest BCUT2D eigenvalue weighted by atomic mass is 9.97. The molecule has 4 heteroatoms. The van der Waals surface area contributed by atoms with Gasteiger partial charge in [-0.05, 0) is 33.1 Å². The summed E-state index contributed by atoms with van der Waals surface area (Å²) in [7, 11) is -2.53. The molecule has 110 valence electrons. The van der Waals surface area contributed by atoms with Crippen molar-refractivity contribution in [2.75, 3.05) is 19.8 Å². The van der Waals surface area contributed by atoms with Gasteiger partial charge < -0.3 is 13.3 Å². The van der Waals surface area contributed by atoms with Gasteiger partial charge in [-0.3, -0.25) is 0 Å². The van der Waals surface area contributed by atoms with Gasteiger partial charge in [-0.25, -0.2) is 0 Å². The molecule has 0 aliphatic rings. The SMILES string of the molecule is CCO[Si](OCC)(OCC)C(CC)C(CC)CC. The highest BCUT2D eigenvalue weighted by Gasteiger charge is 2.50. The first-order valence-electron chi connectivity index (χ1n) is 7.57. The predicted molar refractivity (Wildman–Crippen MR) is 78.7 cm³/mol. The summed E-state index contributed by atoms with van der Waals surface area (Å²) in [5, 5.41) is 0. The smallest absolute Gasteiger partial charge is 0.374 e. The first kappa shape index (κ1) is 18.1. The minimum Gasteiger partial charge on any atom is -0.374 e. The Balaban J connectivity index is 5.16. The summed E-state index contributed by atoms with van der Waals surface area (Å²) >= 11 is 0. The van der Waals surface area contributed by atoms with Crippen molar-refractivity contribution in [2.45, 2.75) is 66.3 Å². The van der Waals surface area contributed by atoms with Crippen molar-refractivity contribution in [1.82, 2.24) is 0 Å². The van der Waals surface area contributed by atoms with Crippen molar-refractivity contribution in [3.8, 4) is 0 Å². The lowest BCUT2D eigenvalue weighted by Gasteiger charge is -2.38. The van der Waals surface area contributed by atoms with E-state index in [9.17, 15) is 0 Å². The summed E-state index contributed by atoms with van der Waals surface area (Å²) in [5.74, 6) is 0.631. The van der Waals surface area contributed by atoms with Crippen LogP contribution in [0.5, 0.6) is 0 Å². The second kappa shape index (κ2) is 9.95. The van der Waals surface area contributed by atoms with E-state index in [1.165, 1.54) is 0 Å². The third-order valence-corrected chi connectivity index (χ3v) is 7.41. The fourth-order valence-electron chi connectivity index (χ4n) is 2.78. The van der Waals surface area contributed by atoms with Crippen molar-refractivity contribution >= 4 is 8.80 Å². The first-order chi connectivity index (χ1) is 8.65. The quantitative estimate of drug-likeness (QED) is 0.528. The second-order valence-electron chi connectivity index (χ2n) is 4.49. The van der Waals surface area contributed by atoms with E-state index in [0.717, 1.165) is 19.3 Å². The van der Waals surface area contributed by atoms with Crippen molar-refractivity contribution in [2.24, 2.45) is 5.92 Å². The fourth-order valence-corrected chi connectivity index (χ4v) is 6.43. The van der Waals surface area contributed by atoms with Crippen LogP contribution in [0.25, 0.3) is 0 Å². The maximum Gasteiger partial charge on any atom is 0.504 e. The van der Waals surface area contributed by atoms with Gasteiger partial charge in [0.25, 0.3) is 0 Å². The Morgan fingerprint density at radius 1 is 0.667 bits per heavy atom. The minimum atomic E-state index is -2.53. The van der Waals surface area contributed by atoms with Gasteiger partial charge >= 0.3 is 8.80 Å². The zero-order valence-electron chi connectivity index (χ0n) is 13.1. The lowest BCUT2D eigenvalue weighted by Crippen LogP contribution is -2.52. The number of hydrogen-bond acceptors (Lipinski definition) is 3. The first-order valence-corrected chi connectivity index (χ1v) is 9.37. The molecule has 0 saturated carbocycles. The Kier molecular flexibility index (Phi) is 10.0. The van der Waals surface area contributed by atoms with E-state index in [-0.39, 0.29) is 0 Å². The molecule has 0 rings (SSSR count). The predicted octanol–water partition coefficient (Wildman–Crippen LogP) is 4.25. The molecule has 0 aliphatic heterocycles. The van der Waals surface area contributed by atoms with Crippen LogP contribution in [0, 0.1) is 5.92 Å². The van der Waals surface area contributed by atoms with E-state index in [4.69, 9.17) is 13.3 Å². The van der Waals surface area contributed by atoms with Gasteiger partial charge in [0, 0.05) is 25.4 Å². The van der Waals surface area contributed by atoms with E-state index in [1.807, 2.05) is 20.8 Å². The molecule has 0 amide bonds. The Bertz CT molecular complexity index is 178. The van der Waals surface area contributed by atoms with Crippen molar-refractivity contribution in [3.63, 3.8) is 0 Å². The normalized spacial score (nSPS) is 14.2. The van der Waals surface area contributed by atoms with E-state index < -0.39 is 8.80 Å². The van der Waals surface area contributed by atoms with Crippen molar-refractivity contribution in [3.05, 3.63) is 0 Å². The van der Waals surface area contributed by atoms with Crippen LogP contribution in [0.4, 0.5) is 0 Å². The van der Waals surface area contributed by atoms with Gasteiger partial charge in [-0.1, -0.05) is 33.6 Å².